The zero-order valence-corrected chi connectivity index (χ0v) is 12.0. The lowest BCUT2D eigenvalue weighted by Crippen LogP contribution is -2.46. The van der Waals surface area contributed by atoms with Crippen LogP contribution in [0.25, 0.3) is 0 Å². The van der Waals surface area contributed by atoms with Gasteiger partial charge in [0, 0.05) is 18.5 Å². The van der Waals surface area contributed by atoms with Crippen molar-refractivity contribution < 1.29 is 4.79 Å². The topological polar surface area (TPSA) is 71.8 Å². The molecule has 0 aromatic carbocycles. The number of urea groups is 1. The molecule has 0 saturated heterocycles. The van der Waals surface area contributed by atoms with Crippen LogP contribution in [0.1, 0.15) is 51.7 Å². The number of carbonyl (C=O) groups excluding carboxylic acids is 1. The van der Waals surface area contributed by atoms with Crippen LogP contribution in [0.4, 0.5) is 4.79 Å². The van der Waals surface area contributed by atoms with Crippen LogP contribution >= 0.6 is 0 Å². The molecule has 1 aliphatic rings. The minimum absolute atomic E-state index is 0.168. The van der Waals surface area contributed by atoms with Crippen molar-refractivity contribution in [2.75, 3.05) is 0 Å². The molecule has 2 amide bonds. The van der Waals surface area contributed by atoms with Crippen LogP contribution < -0.4 is 10.6 Å². The van der Waals surface area contributed by atoms with E-state index in [9.17, 15) is 4.79 Å². The van der Waals surface area contributed by atoms with Crippen molar-refractivity contribution in [2.45, 2.75) is 65.1 Å². The summed E-state index contributed by atoms with van der Waals surface area (Å²) in [6.45, 7) is 7.25. The Bertz CT molecular complexity index is 446. The Kier molecular flexibility index (Phi) is 4.07. The van der Waals surface area contributed by atoms with Crippen LogP contribution in [0.2, 0.25) is 0 Å². The van der Waals surface area contributed by atoms with Gasteiger partial charge in [-0.1, -0.05) is 6.42 Å². The standard InChI is InChI=1S/C13H23N5O/c1-13(2,3)15-12(19)14-9-11-17-16-10-7-5-4-6-8-18(10)11/h4-9H2,1-3H3,(H2,14,15,19). The fourth-order valence-electron chi connectivity index (χ4n) is 2.22. The van der Waals surface area contributed by atoms with Crippen LogP contribution in [-0.2, 0) is 19.5 Å². The van der Waals surface area contributed by atoms with Crippen molar-refractivity contribution in [1.82, 2.24) is 25.4 Å². The number of fused-ring (bicyclic) bond motifs is 1. The van der Waals surface area contributed by atoms with Gasteiger partial charge < -0.3 is 15.2 Å². The van der Waals surface area contributed by atoms with Crippen molar-refractivity contribution in [3.8, 4) is 0 Å². The number of rotatable bonds is 2. The second-order valence-electron chi connectivity index (χ2n) is 6.05. The molecule has 6 heteroatoms. The predicted molar refractivity (Wildman–Crippen MR) is 72.7 cm³/mol. The number of amides is 2. The van der Waals surface area contributed by atoms with Crippen molar-refractivity contribution in [3.63, 3.8) is 0 Å². The first-order chi connectivity index (χ1) is 8.96. The molecule has 0 saturated carbocycles. The van der Waals surface area contributed by atoms with Gasteiger partial charge in [0.1, 0.15) is 5.82 Å². The largest absolute Gasteiger partial charge is 0.334 e. The van der Waals surface area contributed by atoms with Gasteiger partial charge in [0.15, 0.2) is 5.82 Å². The third-order valence-corrected chi connectivity index (χ3v) is 3.08. The number of carbonyl (C=O) groups is 1. The van der Waals surface area contributed by atoms with Crippen molar-refractivity contribution in [1.29, 1.82) is 0 Å². The SMILES string of the molecule is CC(C)(C)NC(=O)NCc1nnc2n1CCCCC2. The first kappa shape index (κ1) is 13.8. The lowest BCUT2D eigenvalue weighted by Gasteiger charge is -2.20. The van der Waals surface area contributed by atoms with Crippen LogP contribution in [0, 0.1) is 0 Å². The molecule has 0 spiro atoms. The molecule has 106 valence electrons. The molecule has 6 nitrogen and oxygen atoms in total. The second kappa shape index (κ2) is 5.59. The van der Waals surface area contributed by atoms with E-state index in [4.69, 9.17) is 0 Å². The molecule has 2 rings (SSSR count). The molecule has 0 atom stereocenters. The third-order valence-electron chi connectivity index (χ3n) is 3.08. The lowest BCUT2D eigenvalue weighted by molar-refractivity contribution is 0.231. The van der Waals surface area contributed by atoms with Crippen LogP contribution in [0.3, 0.4) is 0 Å². The molecule has 2 heterocycles. The minimum atomic E-state index is -0.230. The fourth-order valence-corrected chi connectivity index (χ4v) is 2.22. The summed E-state index contributed by atoms with van der Waals surface area (Å²) in [5.41, 5.74) is -0.230. The van der Waals surface area contributed by atoms with Crippen LogP contribution in [-0.4, -0.2) is 26.3 Å². The summed E-state index contributed by atoms with van der Waals surface area (Å²) in [6.07, 6.45) is 4.56. The summed E-state index contributed by atoms with van der Waals surface area (Å²) < 4.78 is 2.14. The first-order valence-electron chi connectivity index (χ1n) is 6.93. The maximum absolute atomic E-state index is 11.7. The molecule has 0 bridgehead atoms. The first-order valence-corrected chi connectivity index (χ1v) is 6.93. The minimum Gasteiger partial charge on any atom is -0.334 e. The average Bonchev–Trinajstić information content (AvgIpc) is 2.53. The van der Waals surface area contributed by atoms with E-state index in [1.54, 1.807) is 0 Å². The quantitative estimate of drug-likeness (QED) is 0.853. The van der Waals surface area contributed by atoms with Crippen molar-refractivity contribution in [3.05, 3.63) is 11.6 Å². The number of nitrogens with one attached hydrogen (secondary N) is 2. The van der Waals surface area contributed by atoms with Gasteiger partial charge in [0.2, 0.25) is 0 Å². The molecule has 1 aromatic heterocycles. The van der Waals surface area contributed by atoms with E-state index < -0.39 is 0 Å². The van der Waals surface area contributed by atoms with E-state index in [1.165, 1.54) is 12.8 Å². The zero-order chi connectivity index (χ0) is 13.9. The Hall–Kier alpha value is -1.59. The maximum Gasteiger partial charge on any atom is 0.315 e. The molecule has 2 N–H and O–H groups in total. The van der Waals surface area contributed by atoms with Gasteiger partial charge in [-0.3, -0.25) is 0 Å². The van der Waals surface area contributed by atoms with E-state index >= 15 is 0 Å². The summed E-state index contributed by atoms with van der Waals surface area (Å²) in [5.74, 6) is 1.89. The molecule has 0 fully saturated rings. The highest BCUT2D eigenvalue weighted by Crippen LogP contribution is 2.14. The Morgan fingerprint density at radius 2 is 2.05 bits per heavy atom. The van der Waals surface area contributed by atoms with E-state index in [1.807, 2.05) is 20.8 Å². The Labute approximate surface area is 114 Å². The highest BCUT2D eigenvalue weighted by atomic mass is 16.2. The van der Waals surface area contributed by atoms with Gasteiger partial charge in [-0.2, -0.15) is 0 Å². The summed E-state index contributed by atoms with van der Waals surface area (Å²) >= 11 is 0. The normalized spacial score (nSPS) is 15.5. The molecule has 19 heavy (non-hydrogen) atoms. The second-order valence-corrected chi connectivity index (χ2v) is 6.05. The summed E-state index contributed by atoms with van der Waals surface area (Å²) in [6, 6.07) is -0.168. The molecular formula is C13H23N5O. The predicted octanol–water partition coefficient (Wildman–Crippen LogP) is 1.60. The fraction of sp³-hybridized carbons (Fsp3) is 0.769. The Balaban J connectivity index is 1.93. The number of aryl methyl sites for hydroxylation is 1. The Morgan fingerprint density at radius 1 is 1.26 bits per heavy atom. The molecule has 0 radical (unpaired) electrons. The van der Waals surface area contributed by atoms with Crippen LogP contribution in [0.5, 0.6) is 0 Å². The molecular weight excluding hydrogens is 242 g/mol. The number of hydrogen-bond donors (Lipinski definition) is 2. The van der Waals surface area contributed by atoms with E-state index in [2.05, 4.69) is 25.4 Å². The van der Waals surface area contributed by atoms with Crippen molar-refractivity contribution >= 4 is 6.03 Å². The monoisotopic (exact) mass is 265 g/mol. The van der Waals surface area contributed by atoms with Gasteiger partial charge in [0.25, 0.3) is 0 Å². The molecule has 0 unspecified atom stereocenters. The maximum atomic E-state index is 11.7. The summed E-state index contributed by atoms with van der Waals surface area (Å²) in [5, 5.41) is 14.1. The van der Waals surface area contributed by atoms with Gasteiger partial charge >= 0.3 is 6.03 Å². The zero-order valence-electron chi connectivity index (χ0n) is 12.0. The van der Waals surface area contributed by atoms with E-state index in [-0.39, 0.29) is 11.6 Å². The molecule has 1 aliphatic heterocycles. The van der Waals surface area contributed by atoms with Crippen LogP contribution in [0.15, 0.2) is 0 Å². The van der Waals surface area contributed by atoms with Gasteiger partial charge in [-0.15, -0.1) is 10.2 Å². The average molecular weight is 265 g/mol. The summed E-state index contributed by atoms with van der Waals surface area (Å²) in [7, 11) is 0. The highest BCUT2D eigenvalue weighted by Gasteiger charge is 2.17. The van der Waals surface area contributed by atoms with E-state index in [0.29, 0.717) is 6.54 Å². The van der Waals surface area contributed by atoms with Gasteiger partial charge in [0.05, 0.1) is 6.54 Å². The lowest BCUT2D eigenvalue weighted by atomic mass is 10.1. The number of nitrogens with zero attached hydrogens (tertiary/aromatic N) is 3. The third kappa shape index (κ3) is 3.94. The van der Waals surface area contributed by atoms with Crippen molar-refractivity contribution in [2.24, 2.45) is 0 Å². The smallest absolute Gasteiger partial charge is 0.315 e. The molecule has 1 aromatic rings. The van der Waals surface area contributed by atoms with Gasteiger partial charge in [-0.25, -0.2) is 4.79 Å². The summed E-state index contributed by atoms with van der Waals surface area (Å²) in [4.78, 5) is 11.7. The number of aromatic nitrogens is 3. The number of hydrogen-bond acceptors (Lipinski definition) is 3. The molecule has 0 aliphatic carbocycles. The highest BCUT2D eigenvalue weighted by molar-refractivity contribution is 5.74. The van der Waals surface area contributed by atoms with Gasteiger partial charge in [-0.05, 0) is 33.6 Å². The van der Waals surface area contributed by atoms with E-state index in [0.717, 1.165) is 31.0 Å². The Morgan fingerprint density at radius 3 is 2.79 bits per heavy atom.